The third-order valence-corrected chi connectivity index (χ3v) is 5.23. The van der Waals surface area contributed by atoms with Crippen LogP contribution in [0.25, 0.3) is 0 Å². The van der Waals surface area contributed by atoms with Gasteiger partial charge in [-0.2, -0.15) is 5.10 Å². The number of rotatable bonds is 8. The number of methoxy groups -OCH3 is 2. The average molecular weight is 425 g/mol. The molecule has 8 heteroatoms. The lowest BCUT2D eigenvalue weighted by molar-refractivity contribution is -0.141. The van der Waals surface area contributed by atoms with E-state index in [9.17, 15) is 9.59 Å². The van der Waals surface area contributed by atoms with Gasteiger partial charge >= 0.3 is 5.97 Å². The van der Waals surface area contributed by atoms with Crippen LogP contribution in [0.1, 0.15) is 36.4 Å². The second kappa shape index (κ2) is 9.51. The van der Waals surface area contributed by atoms with E-state index in [1.165, 1.54) is 5.01 Å². The molecule has 31 heavy (non-hydrogen) atoms. The highest BCUT2D eigenvalue weighted by Crippen LogP contribution is 2.37. The summed E-state index contributed by atoms with van der Waals surface area (Å²) in [5.74, 6) is -0.198. The molecular formula is C23H27N3O5. The van der Waals surface area contributed by atoms with Crippen molar-refractivity contribution in [2.45, 2.75) is 25.3 Å². The van der Waals surface area contributed by atoms with Crippen LogP contribution in [0.15, 0.2) is 47.6 Å². The van der Waals surface area contributed by atoms with Crippen molar-refractivity contribution >= 4 is 23.3 Å². The molecule has 0 fully saturated rings. The Kier molecular flexibility index (Phi) is 6.79. The Morgan fingerprint density at radius 3 is 2.32 bits per heavy atom. The number of carboxylic acid groups (broad SMARTS) is 1. The van der Waals surface area contributed by atoms with Crippen molar-refractivity contribution < 1.29 is 24.2 Å². The van der Waals surface area contributed by atoms with Crippen LogP contribution in [0, 0.1) is 0 Å². The third-order valence-electron chi connectivity index (χ3n) is 5.23. The Bertz CT molecular complexity index is 985. The summed E-state index contributed by atoms with van der Waals surface area (Å²) in [7, 11) is 7.06. The number of hydrazone groups is 1. The van der Waals surface area contributed by atoms with Gasteiger partial charge in [-0.25, -0.2) is 5.01 Å². The molecule has 2 aromatic carbocycles. The molecule has 1 atom stereocenters. The van der Waals surface area contributed by atoms with E-state index in [0.717, 1.165) is 22.5 Å². The molecule has 1 aliphatic heterocycles. The number of carboxylic acids is 1. The molecule has 164 valence electrons. The van der Waals surface area contributed by atoms with Gasteiger partial charge in [0.1, 0.15) is 0 Å². The highest BCUT2D eigenvalue weighted by Gasteiger charge is 2.33. The molecule has 8 nitrogen and oxygen atoms in total. The van der Waals surface area contributed by atoms with Crippen molar-refractivity contribution in [1.82, 2.24) is 5.01 Å². The minimum Gasteiger partial charge on any atom is -0.493 e. The third kappa shape index (κ3) is 4.96. The van der Waals surface area contributed by atoms with E-state index >= 15 is 0 Å². The number of nitrogens with zero attached hydrogens (tertiary/aromatic N) is 3. The van der Waals surface area contributed by atoms with Crippen LogP contribution < -0.4 is 14.4 Å². The maximum Gasteiger partial charge on any atom is 0.303 e. The minimum absolute atomic E-state index is 0.116. The summed E-state index contributed by atoms with van der Waals surface area (Å²) in [6.07, 6.45) is 0.154. The second-order valence-corrected chi connectivity index (χ2v) is 7.45. The fourth-order valence-electron chi connectivity index (χ4n) is 3.51. The second-order valence-electron chi connectivity index (χ2n) is 7.45. The fraction of sp³-hybridized carbons (Fsp3) is 0.348. The SMILES string of the molecule is COc1ccc([C@@H]2CC(c3ccc(N(C)C)cc3)=NN2C(=O)CCC(=O)O)cc1OC. The quantitative estimate of drug-likeness (QED) is 0.698. The lowest BCUT2D eigenvalue weighted by atomic mass is 9.97. The normalized spacial score (nSPS) is 15.4. The Labute approximate surface area is 181 Å². The van der Waals surface area contributed by atoms with Crippen molar-refractivity contribution in [1.29, 1.82) is 0 Å². The lowest BCUT2D eigenvalue weighted by Gasteiger charge is -2.22. The smallest absolute Gasteiger partial charge is 0.303 e. The van der Waals surface area contributed by atoms with E-state index < -0.39 is 5.97 Å². The summed E-state index contributed by atoms with van der Waals surface area (Å²) in [5, 5.41) is 15.0. The largest absolute Gasteiger partial charge is 0.493 e. The van der Waals surface area contributed by atoms with Gasteiger partial charge in [-0.3, -0.25) is 9.59 Å². The number of ether oxygens (including phenoxy) is 2. The number of carbonyl (C=O) groups excluding carboxylic acids is 1. The zero-order valence-electron chi connectivity index (χ0n) is 18.2. The Morgan fingerprint density at radius 1 is 1.06 bits per heavy atom. The van der Waals surface area contributed by atoms with Gasteiger partial charge in [0.2, 0.25) is 5.91 Å². The monoisotopic (exact) mass is 425 g/mol. The van der Waals surface area contributed by atoms with Crippen LogP contribution in [-0.2, 0) is 9.59 Å². The Morgan fingerprint density at radius 2 is 1.74 bits per heavy atom. The average Bonchev–Trinajstić information content (AvgIpc) is 3.22. The van der Waals surface area contributed by atoms with Crippen molar-refractivity contribution in [2.75, 3.05) is 33.2 Å². The molecule has 0 radical (unpaired) electrons. The van der Waals surface area contributed by atoms with E-state index in [1.807, 2.05) is 55.4 Å². The first-order valence-electron chi connectivity index (χ1n) is 9.95. The maximum atomic E-state index is 12.8. The van der Waals surface area contributed by atoms with Crippen LogP contribution >= 0.6 is 0 Å². The molecule has 1 N–H and O–H groups in total. The van der Waals surface area contributed by atoms with Crippen molar-refractivity contribution in [2.24, 2.45) is 5.10 Å². The van der Waals surface area contributed by atoms with Crippen molar-refractivity contribution in [3.63, 3.8) is 0 Å². The van der Waals surface area contributed by atoms with Gasteiger partial charge in [0.15, 0.2) is 11.5 Å². The molecule has 0 aromatic heterocycles. The first-order chi connectivity index (χ1) is 14.8. The molecule has 3 rings (SSSR count). The number of hydrogen-bond acceptors (Lipinski definition) is 6. The molecule has 1 amide bonds. The first kappa shape index (κ1) is 22.1. The predicted octanol–water partition coefficient (Wildman–Crippen LogP) is 3.31. The van der Waals surface area contributed by atoms with Gasteiger partial charge in [-0.1, -0.05) is 18.2 Å². The van der Waals surface area contributed by atoms with E-state index in [4.69, 9.17) is 14.6 Å². The van der Waals surface area contributed by atoms with Crippen LogP contribution in [0.5, 0.6) is 11.5 Å². The molecule has 1 heterocycles. The number of amides is 1. The summed E-state index contributed by atoms with van der Waals surface area (Å²) in [6.45, 7) is 0. The van der Waals surface area contributed by atoms with Crippen LogP contribution in [-0.4, -0.2) is 56.0 Å². The van der Waals surface area contributed by atoms with Gasteiger partial charge < -0.3 is 19.5 Å². The molecule has 0 bridgehead atoms. The Balaban J connectivity index is 1.94. The Hall–Kier alpha value is -3.55. The van der Waals surface area contributed by atoms with Gasteiger partial charge in [0, 0.05) is 32.6 Å². The van der Waals surface area contributed by atoms with E-state index in [0.29, 0.717) is 17.9 Å². The summed E-state index contributed by atoms with van der Waals surface area (Å²) < 4.78 is 10.7. The van der Waals surface area contributed by atoms with E-state index in [2.05, 4.69) is 5.10 Å². The molecule has 0 saturated carbocycles. The molecule has 0 aliphatic carbocycles. The number of anilines is 1. The first-order valence-corrected chi connectivity index (χ1v) is 9.95. The lowest BCUT2D eigenvalue weighted by Crippen LogP contribution is -2.27. The van der Waals surface area contributed by atoms with Crippen molar-refractivity contribution in [3.05, 3.63) is 53.6 Å². The topological polar surface area (TPSA) is 91.7 Å². The summed E-state index contributed by atoms with van der Waals surface area (Å²) >= 11 is 0. The minimum atomic E-state index is -1.02. The van der Waals surface area contributed by atoms with Crippen LogP contribution in [0.3, 0.4) is 0 Å². The molecule has 0 unspecified atom stereocenters. The molecule has 0 spiro atoms. The van der Waals surface area contributed by atoms with Crippen LogP contribution in [0.2, 0.25) is 0 Å². The van der Waals surface area contributed by atoms with Gasteiger partial charge in [0.05, 0.1) is 32.4 Å². The highest BCUT2D eigenvalue weighted by atomic mass is 16.5. The number of aliphatic carboxylic acids is 1. The van der Waals surface area contributed by atoms with Gasteiger partial charge in [-0.05, 0) is 35.4 Å². The summed E-state index contributed by atoms with van der Waals surface area (Å²) in [6, 6.07) is 13.1. The standard InChI is InChI=1S/C23H27N3O5/c1-25(2)17-8-5-15(6-9-17)18-14-19(26(24-18)22(27)11-12-23(28)29)16-7-10-20(30-3)21(13-16)31-4/h5-10,13,19H,11-12,14H2,1-4H3,(H,28,29)/t19-/m0/s1. The molecular weight excluding hydrogens is 398 g/mol. The van der Waals surface area contributed by atoms with Gasteiger partial charge in [-0.15, -0.1) is 0 Å². The summed E-state index contributed by atoms with van der Waals surface area (Å²) in [5.41, 5.74) is 3.59. The maximum absolute atomic E-state index is 12.8. The summed E-state index contributed by atoms with van der Waals surface area (Å²) in [4.78, 5) is 25.8. The number of hydrogen-bond donors (Lipinski definition) is 1. The van der Waals surface area contributed by atoms with Gasteiger partial charge in [0.25, 0.3) is 0 Å². The zero-order chi connectivity index (χ0) is 22.5. The van der Waals surface area contributed by atoms with E-state index in [1.54, 1.807) is 20.3 Å². The molecule has 1 aliphatic rings. The molecule has 2 aromatic rings. The van der Waals surface area contributed by atoms with E-state index in [-0.39, 0.29) is 24.8 Å². The number of carbonyl (C=O) groups is 2. The van der Waals surface area contributed by atoms with Crippen LogP contribution in [0.4, 0.5) is 5.69 Å². The zero-order valence-corrected chi connectivity index (χ0v) is 18.2. The van der Waals surface area contributed by atoms with Crippen molar-refractivity contribution in [3.8, 4) is 11.5 Å². The fourth-order valence-corrected chi connectivity index (χ4v) is 3.51. The number of benzene rings is 2. The predicted molar refractivity (Wildman–Crippen MR) is 118 cm³/mol. The highest BCUT2D eigenvalue weighted by molar-refractivity contribution is 6.03. The molecule has 0 saturated heterocycles.